The zero-order valence-corrected chi connectivity index (χ0v) is 33.0. The molecule has 0 aliphatic heterocycles. The molecule has 0 fully saturated rings. The summed E-state index contributed by atoms with van der Waals surface area (Å²) in [6.45, 7) is 0. The van der Waals surface area contributed by atoms with Gasteiger partial charge in [-0.1, -0.05) is 194 Å². The minimum absolute atomic E-state index is 1.12. The fraction of sp³-hybridized carbons (Fsp3) is 0. The van der Waals surface area contributed by atoms with Crippen molar-refractivity contribution < 1.29 is 0 Å². The van der Waals surface area contributed by atoms with Crippen molar-refractivity contribution in [2.45, 2.75) is 0 Å². The lowest BCUT2D eigenvalue weighted by molar-refractivity contribution is 1.13. The van der Waals surface area contributed by atoms with Crippen LogP contribution in [0.3, 0.4) is 0 Å². The Kier molecular flexibility index (Phi) is 8.87. The third kappa shape index (κ3) is 6.51. The van der Waals surface area contributed by atoms with Crippen molar-refractivity contribution in [3.05, 3.63) is 243 Å². The molecule has 2 heteroatoms. The van der Waals surface area contributed by atoms with Crippen molar-refractivity contribution in [3.63, 3.8) is 0 Å². The second kappa shape index (κ2) is 15.1. The van der Waals surface area contributed by atoms with Crippen LogP contribution in [0, 0.1) is 0 Å². The number of nitrogens with zero attached hydrogens (tertiary/aromatic N) is 2. The van der Waals surface area contributed by atoms with Crippen LogP contribution >= 0.6 is 0 Å². The Morgan fingerprint density at radius 2 is 0.483 bits per heavy atom. The van der Waals surface area contributed by atoms with Gasteiger partial charge in [-0.3, -0.25) is 0 Å². The lowest BCUT2D eigenvalue weighted by Crippen LogP contribution is -1.98. The molecular formula is C58H40N2. The largest absolute Gasteiger partial charge is 0.309 e. The summed E-state index contributed by atoms with van der Waals surface area (Å²) in [5.74, 6) is 0. The van der Waals surface area contributed by atoms with Gasteiger partial charge in [-0.25, -0.2) is 0 Å². The minimum atomic E-state index is 1.12. The number of aromatic nitrogens is 2. The van der Waals surface area contributed by atoms with Crippen LogP contribution in [-0.4, -0.2) is 9.13 Å². The minimum Gasteiger partial charge on any atom is -0.309 e. The van der Waals surface area contributed by atoms with Crippen LogP contribution in [0.5, 0.6) is 0 Å². The number of hydrogen-bond donors (Lipinski definition) is 0. The number of benzene rings is 9. The standard InChI is InChI=1S/C58H40N2/c1-5-15-41(16-6-1)45-27-31-47(32-28-45)55-37-51-39-58-52(40-57(51)59(55)53-25-13-23-49(35-53)43-19-9-3-10-20-43)38-56(48-33-29-46(30-34-48)42-17-7-2-8-18-42)60(58)54-26-14-24-50(36-54)44-21-11-4-12-22-44/h1-40H. The normalized spacial score (nSPS) is 11.3. The highest BCUT2D eigenvalue weighted by Crippen LogP contribution is 2.40. The third-order valence-electron chi connectivity index (χ3n) is 11.7. The van der Waals surface area contributed by atoms with Crippen LogP contribution in [0.1, 0.15) is 0 Å². The van der Waals surface area contributed by atoms with E-state index in [1.165, 1.54) is 66.4 Å². The van der Waals surface area contributed by atoms with E-state index in [1.54, 1.807) is 0 Å². The Morgan fingerprint density at radius 3 is 0.833 bits per heavy atom. The summed E-state index contributed by atoms with van der Waals surface area (Å²) in [5.41, 5.74) is 18.8. The molecule has 60 heavy (non-hydrogen) atoms. The first-order valence-corrected chi connectivity index (χ1v) is 20.6. The fourth-order valence-electron chi connectivity index (χ4n) is 8.73. The third-order valence-corrected chi connectivity index (χ3v) is 11.7. The van der Waals surface area contributed by atoms with Gasteiger partial charge in [0, 0.05) is 22.1 Å². The van der Waals surface area contributed by atoms with Gasteiger partial charge in [-0.15, -0.1) is 0 Å². The Balaban J connectivity index is 1.13. The Hall–Kier alpha value is -7.94. The molecule has 2 nitrogen and oxygen atoms in total. The molecule has 0 unspecified atom stereocenters. The highest BCUT2D eigenvalue weighted by molar-refractivity contribution is 6.02. The molecule has 2 aromatic heterocycles. The quantitative estimate of drug-likeness (QED) is 0.146. The summed E-state index contributed by atoms with van der Waals surface area (Å²) in [6.07, 6.45) is 0. The van der Waals surface area contributed by atoms with E-state index >= 15 is 0 Å². The van der Waals surface area contributed by atoms with Gasteiger partial charge >= 0.3 is 0 Å². The van der Waals surface area contributed by atoms with Crippen LogP contribution in [-0.2, 0) is 0 Å². The van der Waals surface area contributed by atoms with E-state index in [-0.39, 0.29) is 0 Å². The van der Waals surface area contributed by atoms with Crippen LogP contribution in [0.4, 0.5) is 0 Å². The molecule has 0 bridgehead atoms. The van der Waals surface area contributed by atoms with E-state index in [0.717, 1.165) is 33.8 Å². The first kappa shape index (κ1) is 35.2. The molecule has 2 heterocycles. The van der Waals surface area contributed by atoms with Crippen molar-refractivity contribution in [2.24, 2.45) is 0 Å². The Labute approximate surface area is 350 Å². The Morgan fingerprint density at radius 1 is 0.200 bits per heavy atom. The SMILES string of the molecule is c1ccc(-c2ccc(-c3cc4cc5c(cc(-c6ccc(-c7ccccc7)cc6)n5-c5cccc(-c6ccccc6)c5)cc4n3-c3cccc(-c4ccccc4)c3)cc2)cc1. The first-order valence-electron chi connectivity index (χ1n) is 20.6. The molecule has 282 valence electrons. The second-order valence-electron chi connectivity index (χ2n) is 15.4. The van der Waals surface area contributed by atoms with Crippen LogP contribution in [0.2, 0.25) is 0 Å². The van der Waals surface area contributed by atoms with Gasteiger partial charge in [0.15, 0.2) is 0 Å². The number of fused-ring (bicyclic) bond motifs is 2. The van der Waals surface area contributed by atoms with Gasteiger partial charge < -0.3 is 9.13 Å². The molecule has 0 amide bonds. The monoisotopic (exact) mass is 764 g/mol. The van der Waals surface area contributed by atoms with Gasteiger partial charge in [0.05, 0.1) is 22.4 Å². The Bertz CT molecular complexity index is 3030. The lowest BCUT2D eigenvalue weighted by Gasteiger charge is -2.15. The molecule has 0 atom stereocenters. The maximum atomic E-state index is 2.44. The van der Waals surface area contributed by atoms with Crippen LogP contribution in [0.15, 0.2) is 243 Å². The first-order chi connectivity index (χ1) is 29.7. The van der Waals surface area contributed by atoms with E-state index in [2.05, 4.69) is 252 Å². The highest BCUT2D eigenvalue weighted by Gasteiger charge is 2.19. The van der Waals surface area contributed by atoms with E-state index in [0.29, 0.717) is 0 Å². The number of rotatable bonds is 8. The summed E-state index contributed by atoms with van der Waals surface area (Å²) in [4.78, 5) is 0. The molecule has 0 saturated heterocycles. The van der Waals surface area contributed by atoms with Crippen molar-refractivity contribution in [3.8, 4) is 78.4 Å². The molecule has 9 aromatic carbocycles. The number of hydrogen-bond acceptors (Lipinski definition) is 0. The summed E-state index contributed by atoms with van der Waals surface area (Å²) in [7, 11) is 0. The predicted molar refractivity (Wildman–Crippen MR) is 253 cm³/mol. The average molecular weight is 765 g/mol. The molecule has 0 aliphatic rings. The topological polar surface area (TPSA) is 9.86 Å². The van der Waals surface area contributed by atoms with E-state index < -0.39 is 0 Å². The maximum Gasteiger partial charge on any atom is 0.0542 e. The van der Waals surface area contributed by atoms with Crippen LogP contribution < -0.4 is 0 Å². The molecular weight excluding hydrogens is 725 g/mol. The van der Waals surface area contributed by atoms with Gasteiger partial charge in [-0.2, -0.15) is 0 Å². The van der Waals surface area contributed by atoms with Gasteiger partial charge in [0.2, 0.25) is 0 Å². The van der Waals surface area contributed by atoms with E-state index in [4.69, 9.17) is 0 Å². The summed E-state index contributed by atoms with van der Waals surface area (Å²) in [6, 6.07) is 87.9. The highest BCUT2D eigenvalue weighted by atomic mass is 15.0. The zero-order valence-electron chi connectivity index (χ0n) is 33.0. The average Bonchev–Trinajstić information content (AvgIpc) is 3.90. The molecule has 0 radical (unpaired) electrons. The second-order valence-corrected chi connectivity index (χ2v) is 15.4. The molecule has 0 saturated carbocycles. The predicted octanol–water partition coefficient (Wildman–Crippen LogP) is 15.6. The molecule has 0 spiro atoms. The fourth-order valence-corrected chi connectivity index (χ4v) is 8.73. The van der Waals surface area contributed by atoms with Gasteiger partial charge in [-0.05, 0) is 104 Å². The molecule has 0 aliphatic carbocycles. The summed E-state index contributed by atoms with van der Waals surface area (Å²) in [5, 5.41) is 2.36. The van der Waals surface area contributed by atoms with Crippen LogP contribution in [0.25, 0.3) is 100 Å². The molecule has 11 rings (SSSR count). The van der Waals surface area contributed by atoms with E-state index in [1.807, 2.05) is 0 Å². The maximum absolute atomic E-state index is 2.44. The zero-order chi connectivity index (χ0) is 39.8. The van der Waals surface area contributed by atoms with Crippen molar-refractivity contribution >= 4 is 21.8 Å². The van der Waals surface area contributed by atoms with Crippen molar-refractivity contribution in [1.29, 1.82) is 0 Å². The smallest absolute Gasteiger partial charge is 0.0542 e. The van der Waals surface area contributed by atoms with Crippen molar-refractivity contribution in [2.75, 3.05) is 0 Å². The summed E-state index contributed by atoms with van der Waals surface area (Å²) < 4.78 is 4.89. The molecule has 11 aromatic rings. The van der Waals surface area contributed by atoms with Gasteiger partial charge in [0.1, 0.15) is 0 Å². The van der Waals surface area contributed by atoms with Crippen molar-refractivity contribution in [1.82, 2.24) is 9.13 Å². The molecule has 0 N–H and O–H groups in total. The lowest BCUT2D eigenvalue weighted by atomic mass is 10.0. The van der Waals surface area contributed by atoms with Gasteiger partial charge in [0.25, 0.3) is 0 Å². The van der Waals surface area contributed by atoms with E-state index in [9.17, 15) is 0 Å². The summed E-state index contributed by atoms with van der Waals surface area (Å²) >= 11 is 0.